The van der Waals surface area contributed by atoms with E-state index in [1.807, 2.05) is 85.7 Å². The summed E-state index contributed by atoms with van der Waals surface area (Å²) in [5.74, 6) is 0.488. The second-order valence-electron chi connectivity index (χ2n) is 26.1. The molecule has 652 valence electrons. The van der Waals surface area contributed by atoms with E-state index in [0.717, 1.165) is 102 Å². The van der Waals surface area contributed by atoms with E-state index < -0.39 is 5.97 Å². The number of hydrogen-bond donors (Lipinski definition) is 1. The van der Waals surface area contributed by atoms with Crippen molar-refractivity contribution in [1.29, 1.82) is 0 Å². The van der Waals surface area contributed by atoms with Crippen LogP contribution in [0.5, 0.6) is 5.75 Å². The lowest BCUT2D eigenvalue weighted by molar-refractivity contribution is -0.141. The Balaban J connectivity index is -0.000000412. The van der Waals surface area contributed by atoms with Gasteiger partial charge in [0.2, 0.25) is 0 Å². The first-order valence-corrected chi connectivity index (χ1v) is 40.8. The van der Waals surface area contributed by atoms with Crippen LogP contribution >= 0.6 is 0 Å². The van der Waals surface area contributed by atoms with Gasteiger partial charge in [0.15, 0.2) is 0 Å². The summed E-state index contributed by atoms with van der Waals surface area (Å²) < 4.78 is 120. The maximum atomic E-state index is 11.1. The number of carbonyl (C=O) groups excluding carboxylic acids is 2. The minimum Gasteiger partial charge on any atom is -0.491 e. The molecule has 0 saturated heterocycles. The molecule has 0 heterocycles. The Hall–Kier alpha value is -2.94. The molecular formula is C84H166O25. The van der Waals surface area contributed by atoms with Gasteiger partial charge >= 0.3 is 5.97 Å². The first-order chi connectivity index (χ1) is 52.6. The molecule has 0 radical (unpaired) electrons. The van der Waals surface area contributed by atoms with Crippen LogP contribution in [0.4, 0.5) is 0 Å². The molecule has 0 spiro atoms. The average Bonchev–Trinajstić information content (AvgIpc) is 0.967. The van der Waals surface area contributed by atoms with Crippen LogP contribution in [0.15, 0.2) is 42.5 Å². The lowest BCUT2D eigenvalue weighted by Crippen LogP contribution is -2.29. The number of ether oxygens (including phenoxy) is 22. The second kappa shape index (κ2) is 90.6. The van der Waals surface area contributed by atoms with Gasteiger partial charge < -0.3 is 114 Å². The van der Waals surface area contributed by atoms with Crippen molar-refractivity contribution < 1.29 is 119 Å². The van der Waals surface area contributed by atoms with Crippen LogP contribution in [0.25, 0.3) is 0 Å². The highest BCUT2D eigenvalue weighted by atomic mass is 16.6. The molecule has 1 aromatic carbocycles. The van der Waals surface area contributed by atoms with Crippen LogP contribution < -0.4 is 4.74 Å². The molecule has 12 atom stereocenters. The van der Waals surface area contributed by atoms with Gasteiger partial charge in [0.05, 0.1) is 218 Å². The Kier molecular flexibility index (Phi) is 95.3. The number of benzene rings is 1. The van der Waals surface area contributed by atoms with Crippen LogP contribution in [0.1, 0.15) is 208 Å². The molecule has 12 unspecified atom stereocenters. The Bertz CT molecular complexity index is 1930. The number of aliphatic hydroxyl groups is 1. The average molecular weight is 1580 g/mol. The quantitative estimate of drug-likeness (QED) is 0.0275. The molecule has 0 bridgehead atoms. The van der Waals surface area contributed by atoms with Crippen molar-refractivity contribution >= 4 is 12.3 Å². The van der Waals surface area contributed by atoms with Crippen molar-refractivity contribution in [2.24, 2.45) is 0 Å². The summed E-state index contributed by atoms with van der Waals surface area (Å²) in [5, 5.41) is 8.66. The molecule has 109 heavy (non-hydrogen) atoms. The lowest BCUT2D eigenvalue weighted by Gasteiger charge is -2.26. The van der Waals surface area contributed by atoms with Gasteiger partial charge in [0.1, 0.15) is 25.2 Å². The molecule has 0 aromatic heterocycles. The number of hydrogen-bond acceptors (Lipinski definition) is 25. The minimum atomic E-state index is -0.392. The predicted molar refractivity (Wildman–Crippen MR) is 434 cm³/mol. The number of esters is 1. The summed E-state index contributed by atoms with van der Waals surface area (Å²) in [6.07, 6.45) is 14.5. The van der Waals surface area contributed by atoms with Gasteiger partial charge in [-0.2, -0.15) is 0 Å². The summed E-state index contributed by atoms with van der Waals surface area (Å²) in [4.78, 5) is 21.3. The Morgan fingerprint density at radius 2 is 0.688 bits per heavy atom. The van der Waals surface area contributed by atoms with E-state index in [1.54, 1.807) is 35.4 Å². The molecular weight excluding hydrogens is 1410 g/mol. The van der Waals surface area contributed by atoms with Crippen molar-refractivity contribution in [2.75, 3.05) is 200 Å². The Morgan fingerprint density at radius 1 is 0.367 bits per heavy atom. The molecule has 0 aliphatic rings. The summed E-state index contributed by atoms with van der Waals surface area (Å²) >= 11 is 0. The van der Waals surface area contributed by atoms with Gasteiger partial charge in [0, 0.05) is 60.3 Å². The van der Waals surface area contributed by atoms with Gasteiger partial charge in [-0.3, -0.25) is 0 Å². The number of methoxy groups -OCH3 is 4. The third-order valence-electron chi connectivity index (χ3n) is 16.0. The topological polar surface area (TPSA) is 257 Å². The smallest absolute Gasteiger partial charge is 0.333 e. The normalized spacial score (nSPS) is 14.5. The van der Waals surface area contributed by atoms with Crippen molar-refractivity contribution in [3.05, 3.63) is 42.5 Å². The van der Waals surface area contributed by atoms with Crippen molar-refractivity contribution in [3.8, 4) is 5.75 Å². The second-order valence-corrected chi connectivity index (χ2v) is 26.1. The van der Waals surface area contributed by atoms with E-state index in [9.17, 15) is 9.59 Å². The molecule has 0 aliphatic heterocycles. The zero-order chi connectivity index (χ0) is 82.6. The number of rotatable bonds is 71. The maximum absolute atomic E-state index is 11.1. The molecule has 0 fully saturated rings. The van der Waals surface area contributed by atoms with Gasteiger partial charge in [-0.1, -0.05) is 66.3 Å². The highest BCUT2D eigenvalue weighted by molar-refractivity contribution is 5.86. The van der Waals surface area contributed by atoms with Crippen LogP contribution in [0.2, 0.25) is 0 Å². The molecule has 0 saturated carbocycles. The number of para-hydroxylation sites is 1. The Morgan fingerprint density at radius 3 is 1.04 bits per heavy atom. The summed E-state index contributed by atoms with van der Waals surface area (Å²) in [6.45, 7) is 54.7. The van der Waals surface area contributed by atoms with Gasteiger partial charge in [-0.05, 0) is 172 Å². The minimum absolute atomic E-state index is 0.0266. The number of aliphatic hydroxyl groups excluding tert-OH is 1. The summed E-state index contributed by atoms with van der Waals surface area (Å²) in [5.41, 5.74) is 0.387. The van der Waals surface area contributed by atoms with Crippen molar-refractivity contribution in [3.63, 3.8) is 0 Å². The number of aldehydes is 1. The summed E-state index contributed by atoms with van der Waals surface area (Å²) in [6, 6.07) is 9.79. The highest BCUT2D eigenvalue weighted by Crippen LogP contribution is 2.18. The molecule has 0 amide bonds. The van der Waals surface area contributed by atoms with Crippen LogP contribution in [0, 0.1) is 0 Å². The standard InChI is InChI=1S/C23H48O7.C17H28O4.C14H26O5.C13H28O4.C12H24O4.C5H12O/c1-7-22(29-15-13-26-11-10-24-8-2)19-23(30-14-12-25-9-3)18-21(6)28-17-16-27-20(4)5;1-4-16(14-15(2)19-11-10-18-3)20-12-13-21-17-8-6-5-7-9-17;1-5-13(10-12(4)17-7-6-15)18-8-9-19-14(16)11(2)3;1-5-13(17-10-8-15-6-2)11-12(3)16-9-7-14-4;1-4-12(16-7-5-6-13)10-11(2)15-9-8-14-3;1-4-5(2)6-3/h20-23H,7-19H2,1-6H3;5-9,15-16H,4,10-14H2,1-3H3;12-13,15H,2,5-10H2,1,3-4H3;12-13H,5-11H2,1-4H3;6,11-12H,4-5,7-10H2,1-3H3;5H,4H2,1-3H3. The maximum Gasteiger partial charge on any atom is 0.333 e. The van der Waals surface area contributed by atoms with Crippen LogP contribution in [-0.2, 0) is 109 Å². The zero-order valence-corrected chi connectivity index (χ0v) is 73.0. The van der Waals surface area contributed by atoms with Crippen LogP contribution in [0.3, 0.4) is 0 Å². The Labute approximate surface area is 664 Å². The molecule has 0 aliphatic carbocycles. The molecule has 1 N–H and O–H groups in total. The molecule has 25 heteroatoms. The fourth-order valence-electron chi connectivity index (χ4n) is 9.55. The van der Waals surface area contributed by atoms with Gasteiger partial charge in [-0.25, -0.2) is 4.79 Å². The zero-order valence-electron chi connectivity index (χ0n) is 73.0. The van der Waals surface area contributed by atoms with E-state index in [2.05, 4.69) is 68.9 Å². The van der Waals surface area contributed by atoms with E-state index in [-0.39, 0.29) is 86.5 Å². The van der Waals surface area contributed by atoms with E-state index in [0.29, 0.717) is 163 Å². The fourth-order valence-corrected chi connectivity index (χ4v) is 9.55. The van der Waals surface area contributed by atoms with Crippen LogP contribution in [-0.4, -0.2) is 297 Å². The van der Waals surface area contributed by atoms with E-state index in [1.165, 1.54) is 0 Å². The number of carbonyl (C=O) groups is 2. The molecule has 25 nitrogen and oxygen atoms in total. The highest BCUT2D eigenvalue weighted by Gasteiger charge is 2.21. The largest absolute Gasteiger partial charge is 0.491 e. The fraction of sp³-hybridized carbons (Fsp3) is 0.881. The van der Waals surface area contributed by atoms with Gasteiger partial charge in [-0.15, -0.1) is 0 Å². The van der Waals surface area contributed by atoms with Crippen molar-refractivity contribution in [2.45, 2.75) is 287 Å². The van der Waals surface area contributed by atoms with E-state index >= 15 is 0 Å². The SMILES string of the molecule is C=C(C)C(=O)OCCOC(CC)CC(C)OCCO.CCC(C)OC.CCC(CC(C)OCCOC)OCCC=O.CCC(CC(C)OCCOC)OCCOc1ccccc1.CCOCCOC(CC)CC(C)OCCOC.CCOCCOCCOC(CC)CC(CC(C)OCCOC(C)C)OCCOCC. The third-order valence-corrected chi connectivity index (χ3v) is 16.0. The summed E-state index contributed by atoms with van der Waals surface area (Å²) in [7, 11) is 6.75. The van der Waals surface area contributed by atoms with Gasteiger partial charge in [0.25, 0.3) is 0 Å². The molecule has 1 rings (SSSR count). The molecule has 1 aromatic rings. The van der Waals surface area contributed by atoms with E-state index in [4.69, 9.17) is 109 Å². The predicted octanol–water partition coefficient (Wildman–Crippen LogP) is 14.4. The van der Waals surface area contributed by atoms with Crippen molar-refractivity contribution in [1.82, 2.24) is 0 Å². The third kappa shape index (κ3) is 87.3. The first-order valence-electron chi connectivity index (χ1n) is 40.8. The lowest BCUT2D eigenvalue weighted by atomic mass is 10.0. The first kappa shape index (κ1) is 115. The monoisotopic (exact) mass is 1580 g/mol.